The minimum absolute atomic E-state index is 0.00419. The summed E-state index contributed by atoms with van der Waals surface area (Å²) in [4.78, 5) is -0.505. The van der Waals surface area contributed by atoms with Crippen LogP contribution in [0.2, 0.25) is 0 Å². The quantitative estimate of drug-likeness (QED) is 0.822. The van der Waals surface area contributed by atoms with E-state index in [1.165, 1.54) is 4.31 Å². The van der Waals surface area contributed by atoms with E-state index in [2.05, 4.69) is 21.2 Å². The molecule has 1 aliphatic rings. The fourth-order valence-electron chi connectivity index (χ4n) is 1.96. The average molecular weight is 355 g/mol. The SMILES string of the molecule is CC1CN(S(=O)(=O)c2cc(Br)c(F)cc2F)CCN1. The summed E-state index contributed by atoms with van der Waals surface area (Å²) in [7, 11) is -3.94. The first-order valence-corrected chi connectivity index (χ1v) is 7.94. The molecule has 1 aromatic carbocycles. The summed E-state index contributed by atoms with van der Waals surface area (Å²) in [6, 6.07) is 1.53. The van der Waals surface area contributed by atoms with Gasteiger partial charge >= 0.3 is 0 Å². The third kappa shape index (κ3) is 2.96. The van der Waals surface area contributed by atoms with Gasteiger partial charge in [0.25, 0.3) is 0 Å². The molecule has 0 radical (unpaired) electrons. The number of rotatable bonds is 2. The lowest BCUT2D eigenvalue weighted by molar-refractivity contribution is 0.309. The molecule has 1 heterocycles. The summed E-state index contributed by atoms with van der Waals surface area (Å²) >= 11 is 2.87. The Bertz CT molecular complexity index is 595. The van der Waals surface area contributed by atoms with Gasteiger partial charge in [-0.25, -0.2) is 17.2 Å². The monoisotopic (exact) mass is 354 g/mol. The van der Waals surface area contributed by atoms with E-state index in [1.807, 2.05) is 6.92 Å². The number of hydrogen-bond acceptors (Lipinski definition) is 3. The molecular formula is C11H13BrF2N2O2S. The van der Waals surface area contributed by atoms with Crippen LogP contribution in [0.5, 0.6) is 0 Å². The first kappa shape index (κ1) is 14.8. The normalized spacial score (nSPS) is 21.6. The van der Waals surface area contributed by atoms with E-state index in [4.69, 9.17) is 0 Å². The van der Waals surface area contributed by atoms with Crippen LogP contribution in [0.1, 0.15) is 6.92 Å². The first-order chi connectivity index (χ1) is 8.82. The fourth-order valence-corrected chi connectivity index (χ4v) is 4.05. The lowest BCUT2D eigenvalue weighted by Crippen LogP contribution is -2.51. The van der Waals surface area contributed by atoms with Crippen LogP contribution in [-0.2, 0) is 10.0 Å². The number of sulfonamides is 1. The molecule has 8 heteroatoms. The summed E-state index contributed by atoms with van der Waals surface area (Å²) in [6.45, 7) is 2.88. The van der Waals surface area contributed by atoms with Gasteiger partial charge in [0.15, 0.2) is 0 Å². The molecule has 1 N–H and O–H groups in total. The van der Waals surface area contributed by atoms with Crippen molar-refractivity contribution < 1.29 is 17.2 Å². The molecular weight excluding hydrogens is 342 g/mol. The molecule has 0 aliphatic carbocycles. The molecule has 1 aromatic rings. The predicted molar refractivity (Wildman–Crippen MR) is 70.3 cm³/mol. The summed E-state index contributed by atoms with van der Waals surface area (Å²) in [5.74, 6) is -1.91. The summed E-state index contributed by atoms with van der Waals surface area (Å²) < 4.78 is 52.6. The number of hydrogen-bond donors (Lipinski definition) is 1. The van der Waals surface area contributed by atoms with Crippen molar-refractivity contribution in [1.82, 2.24) is 9.62 Å². The van der Waals surface area contributed by atoms with Gasteiger partial charge in [0, 0.05) is 31.7 Å². The zero-order valence-electron chi connectivity index (χ0n) is 10.2. The van der Waals surface area contributed by atoms with Gasteiger partial charge in [-0.1, -0.05) is 0 Å². The maximum atomic E-state index is 13.7. The van der Waals surface area contributed by atoms with Gasteiger partial charge in [-0.15, -0.1) is 0 Å². The highest BCUT2D eigenvalue weighted by Crippen LogP contribution is 2.26. The number of nitrogens with one attached hydrogen (secondary N) is 1. The van der Waals surface area contributed by atoms with Crippen molar-refractivity contribution in [2.75, 3.05) is 19.6 Å². The van der Waals surface area contributed by atoms with Gasteiger partial charge in [-0.05, 0) is 28.9 Å². The number of nitrogens with zero attached hydrogens (tertiary/aromatic N) is 1. The van der Waals surface area contributed by atoms with E-state index >= 15 is 0 Å². The van der Waals surface area contributed by atoms with Crippen LogP contribution in [0.4, 0.5) is 8.78 Å². The summed E-state index contributed by atoms with van der Waals surface area (Å²) in [6.07, 6.45) is 0. The van der Waals surface area contributed by atoms with E-state index in [9.17, 15) is 17.2 Å². The van der Waals surface area contributed by atoms with Gasteiger partial charge in [0.2, 0.25) is 10.0 Å². The molecule has 0 spiro atoms. The second-order valence-electron chi connectivity index (χ2n) is 4.41. The van der Waals surface area contributed by atoms with Gasteiger partial charge < -0.3 is 5.32 Å². The average Bonchev–Trinajstić information content (AvgIpc) is 2.33. The topological polar surface area (TPSA) is 49.4 Å². The van der Waals surface area contributed by atoms with Gasteiger partial charge in [0.1, 0.15) is 16.5 Å². The maximum Gasteiger partial charge on any atom is 0.246 e. The van der Waals surface area contributed by atoms with Crippen LogP contribution in [0.3, 0.4) is 0 Å². The lowest BCUT2D eigenvalue weighted by atomic mass is 10.3. The molecule has 1 fully saturated rings. The third-order valence-electron chi connectivity index (χ3n) is 2.92. The van der Waals surface area contributed by atoms with Crippen LogP contribution in [0.25, 0.3) is 0 Å². The second-order valence-corrected chi connectivity index (χ2v) is 7.18. The third-order valence-corrected chi connectivity index (χ3v) is 5.41. The van der Waals surface area contributed by atoms with Crippen molar-refractivity contribution in [2.45, 2.75) is 17.9 Å². The molecule has 2 rings (SSSR count). The van der Waals surface area contributed by atoms with Gasteiger partial charge in [-0.3, -0.25) is 0 Å². The Morgan fingerprint density at radius 3 is 2.68 bits per heavy atom. The molecule has 0 bridgehead atoms. The second kappa shape index (κ2) is 5.43. The van der Waals surface area contributed by atoms with E-state index in [0.29, 0.717) is 12.6 Å². The Balaban J connectivity index is 2.42. The molecule has 106 valence electrons. The number of benzene rings is 1. The standard InChI is InChI=1S/C11H13BrF2N2O2S/c1-7-6-16(3-2-15-7)19(17,18)11-4-8(12)9(13)5-10(11)14/h4-5,7,15H,2-3,6H2,1H3. The number of piperazine rings is 1. The summed E-state index contributed by atoms with van der Waals surface area (Å²) in [5.41, 5.74) is 0. The smallest absolute Gasteiger partial charge is 0.246 e. The van der Waals surface area contributed by atoms with E-state index in [1.54, 1.807) is 0 Å². The number of halogens is 3. The molecule has 1 unspecified atom stereocenters. The Morgan fingerprint density at radius 1 is 1.37 bits per heavy atom. The first-order valence-electron chi connectivity index (χ1n) is 5.70. The van der Waals surface area contributed by atoms with Crippen LogP contribution >= 0.6 is 15.9 Å². The molecule has 0 saturated carbocycles. The van der Waals surface area contributed by atoms with Crippen LogP contribution < -0.4 is 5.32 Å². The highest BCUT2D eigenvalue weighted by Gasteiger charge is 2.31. The van der Waals surface area contributed by atoms with Crippen molar-refractivity contribution in [3.05, 3.63) is 28.2 Å². The zero-order chi connectivity index (χ0) is 14.2. The molecule has 0 aromatic heterocycles. The van der Waals surface area contributed by atoms with Crippen LogP contribution in [0.15, 0.2) is 21.5 Å². The Morgan fingerprint density at radius 2 is 2.05 bits per heavy atom. The minimum atomic E-state index is -3.94. The Hall–Kier alpha value is -0.570. The van der Waals surface area contributed by atoms with E-state index in [0.717, 1.165) is 6.07 Å². The van der Waals surface area contributed by atoms with Gasteiger partial charge in [0.05, 0.1) is 4.47 Å². The van der Waals surface area contributed by atoms with Crippen molar-refractivity contribution in [3.8, 4) is 0 Å². The highest BCUT2D eigenvalue weighted by molar-refractivity contribution is 9.10. The Kier molecular flexibility index (Phi) is 4.24. The largest absolute Gasteiger partial charge is 0.312 e. The maximum absolute atomic E-state index is 13.7. The zero-order valence-corrected chi connectivity index (χ0v) is 12.6. The molecule has 1 aliphatic heterocycles. The predicted octanol–water partition coefficient (Wildman–Crippen LogP) is 1.71. The molecule has 19 heavy (non-hydrogen) atoms. The molecule has 1 atom stereocenters. The van der Waals surface area contributed by atoms with Gasteiger partial charge in [-0.2, -0.15) is 4.31 Å². The van der Waals surface area contributed by atoms with Crippen molar-refractivity contribution in [1.29, 1.82) is 0 Å². The van der Waals surface area contributed by atoms with Crippen molar-refractivity contribution in [3.63, 3.8) is 0 Å². The fraction of sp³-hybridized carbons (Fsp3) is 0.455. The summed E-state index contributed by atoms with van der Waals surface area (Å²) in [5, 5.41) is 3.10. The van der Waals surface area contributed by atoms with Crippen molar-refractivity contribution >= 4 is 26.0 Å². The highest BCUT2D eigenvalue weighted by atomic mass is 79.9. The molecule has 1 saturated heterocycles. The van der Waals surface area contributed by atoms with E-state index < -0.39 is 26.6 Å². The van der Waals surface area contributed by atoms with Crippen LogP contribution in [-0.4, -0.2) is 38.4 Å². The minimum Gasteiger partial charge on any atom is -0.312 e. The Labute approximate surface area is 119 Å². The van der Waals surface area contributed by atoms with Crippen LogP contribution in [0, 0.1) is 11.6 Å². The lowest BCUT2D eigenvalue weighted by Gasteiger charge is -2.31. The molecule has 4 nitrogen and oxygen atoms in total. The van der Waals surface area contributed by atoms with Crippen molar-refractivity contribution in [2.24, 2.45) is 0 Å². The molecule has 0 amide bonds. The van der Waals surface area contributed by atoms with E-state index in [-0.39, 0.29) is 23.6 Å².